The predicted octanol–water partition coefficient (Wildman–Crippen LogP) is 3.14. The molecule has 2 aliphatic rings. The summed E-state index contributed by atoms with van der Waals surface area (Å²) < 4.78 is 6.09. The maximum atomic E-state index is 9.84. The third-order valence-electron chi connectivity index (χ3n) is 5.58. The van der Waals surface area contributed by atoms with Crippen LogP contribution in [0.25, 0.3) is 6.08 Å². The smallest absolute Gasteiger partial charge is 0.205 e. The van der Waals surface area contributed by atoms with Crippen LogP contribution >= 0.6 is 0 Å². The zero-order chi connectivity index (χ0) is 20.2. The van der Waals surface area contributed by atoms with Gasteiger partial charge in [-0.25, -0.2) is 0 Å². The molecule has 4 heteroatoms. The summed E-state index contributed by atoms with van der Waals surface area (Å²) in [7, 11) is 0. The Morgan fingerprint density at radius 3 is 2.45 bits per heavy atom. The number of quaternary nitrogens is 1. The van der Waals surface area contributed by atoms with Crippen LogP contribution in [0.4, 0.5) is 0 Å². The molecule has 4 rings (SSSR count). The van der Waals surface area contributed by atoms with Crippen molar-refractivity contribution in [3.8, 4) is 6.07 Å². The van der Waals surface area contributed by atoms with Crippen molar-refractivity contribution in [2.45, 2.75) is 19.3 Å². The van der Waals surface area contributed by atoms with Crippen molar-refractivity contribution in [1.82, 2.24) is 0 Å². The van der Waals surface area contributed by atoms with Gasteiger partial charge in [0.25, 0.3) is 0 Å². The van der Waals surface area contributed by atoms with Crippen molar-refractivity contribution < 1.29 is 9.64 Å². The molecule has 2 aromatic carbocycles. The number of rotatable bonds is 4. The van der Waals surface area contributed by atoms with E-state index in [1.54, 1.807) is 0 Å². The van der Waals surface area contributed by atoms with Gasteiger partial charge in [-0.3, -0.25) is 0 Å². The largest absolute Gasteiger partial charge is 0.440 e. The molecule has 0 aromatic heterocycles. The number of ether oxygens (including phenoxy) is 1. The molecule has 1 unspecified atom stereocenters. The zero-order valence-corrected chi connectivity index (χ0v) is 16.7. The lowest BCUT2D eigenvalue weighted by molar-refractivity contribution is -0.892. The van der Waals surface area contributed by atoms with E-state index in [9.17, 15) is 5.26 Å². The number of benzene rings is 2. The van der Waals surface area contributed by atoms with E-state index in [0.29, 0.717) is 5.57 Å². The highest BCUT2D eigenvalue weighted by molar-refractivity contribution is 5.62. The molecule has 0 amide bonds. The fraction of sp³-hybridized carbons (Fsp3) is 0.240. The number of nitriles is 1. The average Bonchev–Trinajstić information content (AvgIpc) is 2.75. The Bertz CT molecular complexity index is 1010. The van der Waals surface area contributed by atoms with E-state index < -0.39 is 0 Å². The van der Waals surface area contributed by atoms with Crippen LogP contribution in [0, 0.1) is 11.3 Å². The number of allylic oxidation sites excluding steroid dienone is 1. The highest BCUT2D eigenvalue weighted by atomic mass is 16.5. The number of nitrogens with one attached hydrogen (secondary N) is 1. The number of hydrogen-bond donors (Lipinski definition) is 2. The first-order valence-electron chi connectivity index (χ1n) is 10.2. The van der Waals surface area contributed by atoms with Gasteiger partial charge in [0.1, 0.15) is 30.5 Å². The molecule has 29 heavy (non-hydrogen) atoms. The molecule has 0 aliphatic carbocycles. The fourth-order valence-electron chi connectivity index (χ4n) is 4.34. The molecule has 0 saturated heterocycles. The van der Waals surface area contributed by atoms with Gasteiger partial charge in [-0.05, 0) is 23.6 Å². The Balaban J connectivity index is 1.86. The molecule has 0 spiro atoms. The van der Waals surface area contributed by atoms with Crippen LogP contribution in [0.2, 0.25) is 0 Å². The molecule has 146 valence electrons. The molecular weight excluding hydrogens is 358 g/mol. The van der Waals surface area contributed by atoms with Crippen molar-refractivity contribution in [2.24, 2.45) is 5.73 Å². The molecule has 2 heterocycles. The molecule has 0 fully saturated rings. The molecule has 2 aromatic rings. The quantitative estimate of drug-likeness (QED) is 0.851. The second kappa shape index (κ2) is 8.38. The van der Waals surface area contributed by atoms with Gasteiger partial charge < -0.3 is 15.4 Å². The van der Waals surface area contributed by atoms with Crippen LogP contribution in [0.15, 0.2) is 89.0 Å². The second-order valence-corrected chi connectivity index (χ2v) is 7.62. The van der Waals surface area contributed by atoms with Gasteiger partial charge >= 0.3 is 0 Å². The van der Waals surface area contributed by atoms with Crippen molar-refractivity contribution >= 4 is 6.08 Å². The first-order valence-corrected chi connectivity index (χ1v) is 10.2. The van der Waals surface area contributed by atoms with Crippen molar-refractivity contribution in [3.63, 3.8) is 0 Å². The van der Waals surface area contributed by atoms with Crippen LogP contribution in [0.5, 0.6) is 0 Å². The fourth-order valence-corrected chi connectivity index (χ4v) is 4.34. The van der Waals surface area contributed by atoms with E-state index in [2.05, 4.69) is 43.3 Å². The van der Waals surface area contributed by atoms with Crippen molar-refractivity contribution in [1.29, 1.82) is 5.26 Å². The van der Waals surface area contributed by atoms with Crippen LogP contribution < -0.4 is 10.6 Å². The summed E-state index contributed by atoms with van der Waals surface area (Å²) in [4.78, 5) is 1.48. The van der Waals surface area contributed by atoms with Gasteiger partial charge in [-0.2, -0.15) is 5.26 Å². The summed E-state index contributed by atoms with van der Waals surface area (Å²) >= 11 is 0. The molecule has 0 radical (unpaired) electrons. The van der Waals surface area contributed by atoms with E-state index in [0.717, 1.165) is 54.1 Å². The monoisotopic (exact) mass is 384 g/mol. The van der Waals surface area contributed by atoms with Crippen LogP contribution in [0.3, 0.4) is 0 Å². The van der Waals surface area contributed by atoms with Gasteiger partial charge in [0.2, 0.25) is 5.88 Å². The Labute approximate surface area is 172 Å². The Morgan fingerprint density at radius 1 is 1.10 bits per heavy atom. The Morgan fingerprint density at radius 2 is 1.79 bits per heavy atom. The summed E-state index contributed by atoms with van der Waals surface area (Å²) in [5.74, 6) is 0.911. The average molecular weight is 385 g/mol. The van der Waals surface area contributed by atoms with E-state index in [1.165, 1.54) is 4.90 Å². The minimum atomic E-state index is -0.156. The number of nitrogens with two attached hydrogens (primary N) is 1. The van der Waals surface area contributed by atoms with Gasteiger partial charge in [-0.1, -0.05) is 67.6 Å². The predicted molar refractivity (Wildman–Crippen MR) is 114 cm³/mol. The third-order valence-corrected chi connectivity index (χ3v) is 5.58. The summed E-state index contributed by atoms with van der Waals surface area (Å²) in [6.07, 6.45) is 3.30. The molecule has 2 atom stereocenters. The minimum absolute atomic E-state index is 0.156. The molecular formula is C25H26N3O+. The first-order chi connectivity index (χ1) is 14.2. The van der Waals surface area contributed by atoms with Crippen molar-refractivity contribution in [2.75, 3.05) is 19.6 Å². The summed E-state index contributed by atoms with van der Waals surface area (Å²) in [6.45, 7) is 5.03. The molecule has 3 N–H and O–H groups in total. The van der Waals surface area contributed by atoms with E-state index in [1.807, 2.05) is 36.4 Å². The molecule has 0 bridgehead atoms. The third kappa shape index (κ3) is 3.83. The van der Waals surface area contributed by atoms with Gasteiger partial charge in [0.15, 0.2) is 0 Å². The highest BCUT2D eigenvalue weighted by Gasteiger charge is 2.39. The van der Waals surface area contributed by atoms with Crippen LogP contribution in [0.1, 0.15) is 30.4 Å². The summed E-state index contributed by atoms with van der Waals surface area (Å²) in [6, 6.07) is 22.8. The SMILES string of the molecule is CCC[NH+]1CC2=C(OC(N)=C(C#N)[C@@H]2c2ccccc2)/C(=C/c2ccccc2)C1. The van der Waals surface area contributed by atoms with Gasteiger partial charge in [-0.15, -0.1) is 0 Å². The maximum absolute atomic E-state index is 9.84. The molecule has 2 aliphatic heterocycles. The van der Waals surface area contributed by atoms with Crippen LogP contribution in [-0.2, 0) is 4.74 Å². The highest BCUT2D eigenvalue weighted by Crippen LogP contribution is 2.41. The van der Waals surface area contributed by atoms with Gasteiger partial charge in [0.05, 0.1) is 12.5 Å². The number of nitrogens with zero attached hydrogens (tertiary/aromatic N) is 1. The van der Waals surface area contributed by atoms with Gasteiger partial charge in [0, 0.05) is 11.1 Å². The van der Waals surface area contributed by atoms with Crippen LogP contribution in [-0.4, -0.2) is 19.6 Å². The minimum Gasteiger partial charge on any atom is -0.440 e. The first kappa shape index (κ1) is 19.0. The normalized spacial score (nSPS) is 22.8. The zero-order valence-electron chi connectivity index (χ0n) is 16.7. The van der Waals surface area contributed by atoms with E-state index in [4.69, 9.17) is 10.5 Å². The topological polar surface area (TPSA) is 63.5 Å². The maximum Gasteiger partial charge on any atom is 0.205 e. The molecule has 4 nitrogen and oxygen atoms in total. The lowest BCUT2D eigenvalue weighted by Gasteiger charge is -2.36. The lowest BCUT2D eigenvalue weighted by atomic mass is 9.80. The summed E-state index contributed by atoms with van der Waals surface area (Å²) in [5.41, 5.74) is 11.3. The van der Waals surface area contributed by atoms with Crippen molar-refractivity contribution in [3.05, 3.63) is 100 Å². The Hall–Kier alpha value is -3.29. The standard InChI is InChI=1S/C25H25N3O/c1-2-13-28-16-20(14-18-9-5-3-6-10-18)24-22(17-28)23(19-11-7-4-8-12-19)21(15-26)25(27)29-24/h3-12,14,23H,2,13,16-17,27H2,1H3/p+1/b20-14+/t23-/m0/s1. The second-order valence-electron chi connectivity index (χ2n) is 7.62. The molecule has 0 saturated carbocycles. The Kier molecular flexibility index (Phi) is 5.50. The van der Waals surface area contributed by atoms with E-state index >= 15 is 0 Å². The lowest BCUT2D eigenvalue weighted by Crippen LogP contribution is -3.13. The number of hydrogen-bond acceptors (Lipinski definition) is 3. The van der Waals surface area contributed by atoms with E-state index in [-0.39, 0.29) is 11.8 Å². The summed E-state index contributed by atoms with van der Waals surface area (Å²) in [5, 5.41) is 9.84.